The van der Waals surface area contributed by atoms with Crippen LogP contribution in [0.5, 0.6) is 5.75 Å². The molecule has 0 heterocycles. The van der Waals surface area contributed by atoms with Gasteiger partial charge in [0.15, 0.2) is 9.84 Å². The summed E-state index contributed by atoms with van der Waals surface area (Å²) in [6, 6.07) is 7.42. The average Bonchev–Trinajstić information content (AvgIpc) is 2.43. The van der Waals surface area contributed by atoms with Gasteiger partial charge in [-0.25, -0.2) is 8.42 Å². The minimum atomic E-state index is -3.02. The monoisotopic (exact) mass is 299 g/mol. The second kappa shape index (κ2) is 8.27. The van der Waals surface area contributed by atoms with Crippen molar-refractivity contribution in [2.75, 3.05) is 25.2 Å². The lowest BCUT2D eigenvalue weighted by molar-refractivity contribution is 0.414. The maximum Gasteiger partial charge on any atom is 0.152 e. The quantitative estimate of drug-likeness (QED) is 0.761. The molecule has 0 radical (unpaired) electrons. The van der Waals surface area contributed by atoms with E-state index < -0.39 is 9.84 Å². The van der Waals surface area contributed by atoms with Crippen LogP contribution in [0.3, 0.4) is 0 Å². The molecule has 1 aromatic rings. The van der Waals surface area contributed by atoms with Crippen LogP contribution in [0.2, 0.25) is 0 Å². The molecule has 0 bridgehead atoms. The molecule has 20 heavy (non-hydrogen) atoms. The van der Waals surface area contributed by atoms with Gasteiger partial charge in [-0.2, -0.15) is 0 Å². The Balaban J connectivity index is 2.87. The Labute approximate surface area is 122 Å². The molecule has 0 fully saturated rings. The standard InChI is InChI=1S/C15H25NO3S/c1-4-10-16-15(12-20(17,18)11-5-2)13-6-8-14(19-3)9-7-13/h6-9,15-16H,4-5,10-12H2,1-3H3. The Morgan fingerprint density at radius 3 is 2.30 bits per heavy atom. The summed E-state index contributed by atoms with van der Waals surface area (Å²) in [5, 5.41) is 3.32. The van der Waals surface area contributed by atoms with Gasteiger partial charge in [0, 0.05) is 11.8 Å². The van der Waals surface area contributed by atoms with Gasteiger partial charge >= 0.3 is 0 Å². The topological polar surface area (TPSA) is 55.4 Å². The van der Waals surface area contributed by atoms with Gasteiger partial charge in [-0.1, -0.05) is 26.0 Å². The van der Waals surface area contributed by atoms with Gasteiger partial charge in [-0.05, 0) is 37.1 Å². The second-order valence-electron chi connectivity index (χ2n) is 4.89. The van der Waals surface area contributed by atoms with Gasteiger partial charge < -0.3 is 10.1 Å². The molecule has 0 aliphatic heterocycles. The van der Waals surface area contributed by atoms with Crippen LogP contribution < -0.4 is 10.1 Å². The summed E-state index contributed by atoms with van der Waals surface area (Å²) >= 11 is 0. The van der Waals surface area contributed by atoms with Gasteiger partial charge in [-0.3, -0.25) is 0 Å². The summed E-state index contributed by atoms with van der Waals surface area (Å²) in [6.45, 7) is 4.76. The molecule has 1 aromatic carbocycles. The van der Waals surface area contributed by atoms with Crippen molar-refractivity contribution in [3.8, 4) is 5.75 Å². The first-order chi connectivity index (χ1) is 9.52. The first-order valence-electron chi connectivity index (χ1n) is 7.10. The summed E-state index contributed by atoms with van der Waals surface area (Å²) in [5.41, 5.74) is 0.985. The number of hydrogen-bond acceptors (Lipinski definition) is 4. The first-order valence-corrected chi connectivity index (χ1v) is 8.92. The minimum absolute atomic E-state index is 0.146. The summed E-state index contributed by atoms with van der Waals surface area (Å²) in [4.78, 5) is 0. The molecule has 1 atom stereocenters. The summed E-state index contributed by atoms with van der Waals surface area (Å²) in [5.74, 6) is 1.17. The molecule has 0 aliphatic rings. The highest BCUT2D eigenvalue weighted by atomic mass is 32.2. The van der Waals surface area contributed by atoms with E-state index in [0.717, 1.165) is 24.3 Å². The Morgan fingerprint density at radius 2 is 1.80 bits per heavy atom. The van der Waals surface area contributed by atoms with Crippen molar-refractivity contribution in [1.82, 2.24) is 5.32 Å². The van der Waals surface area contributed by atoms with E-state index >= 15 is 0 Å². The van der Waals surface area contributed by atoms with Crippen LogP contribution >= 0.6 is 0 Å². The molecule has 1 N–H and O–H groups in total. The number of nitrogens with one attached hydrogen (secondary N) is 1. The van der Waals surface area contributed by atoms with Crippen molar-refractivity contribution >= 4 is 9.84 Å². The van der Waals surface area contributed by atoms with E-state index in [1.165, 1.54) is 0 Å². The highest BCUT2D eigenvalue weighted by molar-refractivity contribution is 7.91. The number of rotatable bonds is 9. The molecular formula is C15H25NO3S. The zero-order chi connectivity index (χ0) is 15.0. The highest BCUT2D eigenvalue weighted by Crippen LogP contribution is 2.19. The predicted molar refractivity (Wildman–Crippen MR) is 83.0 cm³/mol. The van der Waals surface area contributed by atoms with Gasteiger partial charge in [0.2, 0.25) is 0 Å². The Bertz CT molecular complexity index is 482. The largest absolute Gasteiger partial charge is 0.497 e. The molecule has 4 nitrogen and oxygen atoms in total. The summed E-state index contributed by atoms with van der Waals surface area (Å²) in [7, 11) is -1.40. The van der Waals surface area contributed by atoms with Crippen molar-refractivity contribution in [3.05, 3.63) is 29.8 Å². The molecule has 0 saturated carbocycles. The molecule has 114 valence electrons. The molecule has 0 aromatic heterocycles. The fourth-order valence-electron chi connectivity index (χ4n) is 2.08. The molecule has 0 amide bonds. The third-order valence-electron chi connectivity index (χ3n) is 3.09. The fourth-order valence-corrected chi connectivity index (χ4v) is 3.68. The van der Waals surface area contributed by atoms with Crippen molar-refractivity contribution in [3.63, 3.8) is 0 Å². The molecular weight excluding hydrogens is 274 g/mol. The van der Waals surface area contributed by atoms with Crippen LogP contribution in [-0.4, -0.2) is 33.6 Å². The Kier molecular flexibility index (Phi) is 7.02. The van der Waals surface area contributed by atoms with Crippen LogP contribution in [0, 0.1) is 0 Å². The van der Waals surface area contributed by atoms with E-state index in [-0.39, 0.29) is 17.5 Å². The molecule has 1 unspecified atom stereocenters. The second-order valence-corrected chi connectivity index (χ2v) is 7.12. The van der Waals surface area contributed by atoms with Crippen LogP contribution in [0.1, 0.15) is 38.3 Å². The zero-order valence-corrected chi connectivity index (χ0v) is 13.4. The van der Waals surface area contributed by atoms with E-state index in [4.69, 9.17) is 4.74 Å². The van der Waals surface area contributed by atoms with Gasteiger partial charge in [-0.15, -0.1) is 0 Å². The molecule has 0 aliphatic carbocycles. The minimum Gasteiger partial charge on any atom is -0.497 e. The van der Waals surface area contributed by atoms with Crippen molar-refractivity contribution < 1.29 is 13.2 Å². The van der Waals surface area contributed by atoms with Crippen LogP contribution in [0.25, 0.3) is 0 Å². The van der Waals surface area contributed by atoms with Crippen molar-refractivity contribution in [2.45, 2.75) is 32.7 Å². The Hall–Kier alpha value is -1.07. The van der Waals surface area contributed by atoms with Gasteiger partial charge in [0.25, 0.3) is 0 Å². The van der Waals surface area contributed by atoms with Crippen molar-refractivity contribution in [2.24, 2.45) is 0 Å². The fraction of sp³-hybridized carbons (Fsp3) is 0.600. The van der Waals surface area contributed by atoms with E-state index in [1.54, 1.807) is 7.11 Å². The van der Waals surface area contributed by atoms with Gasteiger partial charge in [0.05, 0.1) is 12.9 Å². The predicted octanol–water partition coefficient (Wildman–Crippen LogP) is 2.56. The number of sulfone groups is 1. The number of ether oxygens (including phenoxy) is 1. The number of benzene rings is 1. The Morgan fingerprint density at radius 1 is 1.15 bits per heavy atom. The third kappa shape index (κ3) is 5.51. The molecule has 5 heteroatoms. The SMILES string of the molecule is CCCNC(CS(=O)(=O)CCC)c1ccc(OC)cc1. The zero-order valence-electron chi connectivity index (χ0n) is 12.6. The number of methoxy groups -OCH3 is 1. The smallest absolute Gasteiger partial charge is 0.152 e. The molecule has 1 rings (SSSR count). The normalized spacial score (nSPS) is 13.2. The number of hydrogen-bond donors (Lipinski definition) is 1. The molecule has 0 spiro atoms. The highest BCUT2D eigenvalue weighted by Gasteiger charge is 2.19. The average molecular weight is 299 g/mol. The van der Waals surface area contributed by atoms with E-state index in [0.29, 0.717) is 6.42 Å². The van der Waals surface area contributed by atoms with Gasteiger partial charge in [0.1, 0.15) is 5.75 Å². The maximum absolute atomic E-state index is 12.0. The third-order valence-corrected chi connectivity index (χ3v) is 4.97. The van der Waals surface area contributed by atoms with Crippen LogP contribution in [-0.2, 0) is 9.84 Å². The van der Waals surface area contributed by atoms with Crippen LogP contribution in [0.15, 0.2) is 24.3 Å². The summed E-state index contributed by atoms with van der Waals surface area (Å²) in [6.07, 6.45) is 1.63. The lowest BCUT2D eigenvalue weighted by atomic mass is 10.1. The van der Waals surface area contributed by atoms with E-state index in [1.807, 2.05) is 31.2 Å². The van der Waals surface area contributed by atoms with E-state index in [2.05, 4.69) is 12.2 Å². The lowest BCUT2D eigenvalue weighted by Gasteiger charge is -2.19. The van der Waals surface area contributed by atoms with E-state index in [9.17, 15) is 8.42 Å². The maximum atomic E-state index is 12.0. The van der Waals surface area contributed by atoms with Crippen molar-refractivity contribution in [1.29, 1.82) is 0 Å². The molecule has 0 saturated heterocycles. The van der Waals surface area contributed by atoms with Crippen LogP contribution in [0.4, 0.5) is 0 Å². The summed E-state index contributed by atoms with van der Waals surface area (Å²) < 4.78 is 29.2. The lowest BCUT2D eigenvalue weighted by Crippen LogP contribution is -2.29. The first kappa shape index (κ1) is 17.0.